The van der Waals surface area contributed by atoms with E-state index in [2.05, 4.69) is 9.98 Å². The Morgan fingerprint density at radius 3 is 2.84 bits per heavy atom. The topological polar surface area (TPSA) is 51.5 Å². The molecule has 0 unspecified atom stereocenters. The molecule has 0 saturated heterocycles. The Hall–Kier alpha value is -2.19. The number of aromatic nitrogens is 1. The number of rotatable bonds is 3. The maximum Gasteiger partial charge on any atom is 0.235 e. The molecular formula is C15H14N2O2. The van der Waals surface area contributed by atoms with Gasteiger partial charge in [0.2, 0.25) is 6.08 Å². The summed E-state index contributed by atoms with van der Waals surface area (Å²) in [7, 11) is 1.63. The van der Waals surface area contributed by atoms with Gasteiger partial charge in [0.15, 0.2) is 0 Å². The highest BCUT2D eigenvalue weighted by Crippen LogP contribution is 2.47. The van der Waals surface area contributed by atoms with Crippen LogP contribution in [0.1, 0.15) is 24.8 Å². The highest BCUT2D eigenvalue weighted by atomic mass is 16.5. The Labute approximate surface area is 111 Å². The molecule has 0 radical (unpaired) electrons. The molecule has 1 aromatic heterocycles. The number of nitrogens with zero attached hydrogens (tertiary/aromatic N) is 2. The van der Waals surface area contributed by atoms with Crippen molar-refractivity contribution >= 4 is 17.0 Å². The Morgan fingerprint density at radius 2 is 2.21 bits per heavy atom. The fourth-order valence-corrected chi connectivity index (χ4v) is 2.76. The third kappa shape index (κ3) is 1.72. The van der Waals surface area contributed by atoms with Crippen LogP contribution >= 0.6 is 0 Å². The van der Waals surface area contributed by atoms with Crippen molar-refractivity contribution in [2.75, 3.05) is 7.11 Å². The molecule has 0 bridgehead atoms. The highest BCUT2D eigenvalue weighted by molar-refractivity contribution is 5.88. The minimum absolute atomic E-state index is 0.407. The van der Waals surface area contributed by atoms with Crippen molar-refractivity contribution < 1.29 is 9.53 Å². The number of hydrogen-bond acceptors (Lipinski definition) is 4. The first kappa shape index (κ1) is 11.9. The maximum absolute atomic E-state index is 10.7. The quantitative estimate of drug-likeness (QED) is 0.625. The molecule has 0 N–H and O–H groups in total. The van der Waals surface area contributed by atoms with Gasteiger partial charge in [-0.3, -0.25) is 4.98 Å². The first-order valence-electron chi connectivity index (χ1n) is 6.32. The molecule has 0 aliphatic heterocycles. The minimum Gasteiger partial charge on any atom is -0.494 e. The molecule has 0 amide bonds. The van der Waals surface area contributed by atoms with Crippen LogP contribution in [0.25, 0.3) is 10.9 Å². The monoisotopic (exact) mass is 254 g/mol. The second-order valence-electron chi connectivity index (χ2n) is 4.80. The summed E-state index contributed by atoms with van der Waals surface area (Å²) in [5, 5.41) is 1.00. The van der Waals surface area contributed by atoms with Gasteiger partial charge in [0.25, 0.3) is 0 Å². The molecule has 1 aromatic carbocycles. The number of isocyanates is 1. The standard InChI is InChI=1S/C15H14N2O2/c1-19-13-6-5-12(11-4-2-9-16-14(11)13)15(17-10-18)7-3-8-15/h2,4-6,9H,3,7-8H2,1H3. The summed E-state index contributed by atoms with van der Waals surface area (Å²) in [6.45, 7) is 0. The molecule has 3 rings (SSSR count). The van der Waals surface area contributed by atoms with Gasteiger partial charge in [-0.25, -0.2) is 4.79 Å². The van der Waals surface area contributed by atoms with Gasteiger partial charge >= 0.3 is 0 Å². The van der Waals surface area contributed by atoms with E-state index in [1.807, 2.05) is 24.3 Å². The Balaban J connectivity index is 2.28. The van der Waals surface area contributed by atoms with Gasteiger partial charge in [-0.05, 0) is 37.0 Å². The minimum atomic E-state index is -0.407. The lowest BCUT2D eigenvalue weighted by atomic mass is 9.71. The molecule has 4 nitrogen and oxygen atoms in total. The summed E-state index contributed by atoms with van der Waals surface area (Å²) in [6.07, 6.45) is 6.32. The van der Waals surface area contributed by atoms with Crippen molar-refractivity contribution in [3.63, 3.8) is 0 Å². The maximum atomic E-state index is 10.7. The van der Waals surface area contributed by atoms with Crippen LogP contribution in [0.3, 0.4) is 0 Å². The molecule has 4 heteroatoms. The summed E-state index contributed by atoms with van der Waals surface area (Å²) in [5.41, 5.74) is 1.45. The largest absolute Gasteiger partial charge is 0.494 e. The zero-order valence-corrected chi connectivity index (χ0v) is 10.7. The predicted molar refractivity (Wildman–Crippen MR) is 71.9 cm³/mol. The molecule has 0 atom stereocenters. The second-order valence-corrected chi connectivity index (χ2v) is 4.80. The zero-order valence-electron chi connectivity index (χ0n) is 10.7. The molecule has 2 aromatic rings. The van der Waals surface area contributed by atoms with Crippen LogP contribution in [0.5, 0.6) is 5.75 Å². The van der Waals surface area contributed by atoms with Crippen molar-refractivity contribution in [2.24, 2.45) is 4.99 Å². The first-order valence-corrected chi connectivity index (χ1v) is 6.32. The highest BCUT2D eigenvalue weighted by Gasteiger charge is 2.40. The summed E-state index contributed by atoms with van der Waals surface area (Å²) in [6, 6.07) is 7.77. The molecule has 1 saturated carbocycles. The normalized spacial score (nSPS) is 16.5. The average Bonchev–Trinajstić information content (AvgIpc) is 2.42. The summed E-state index contributed by atoms with van der Waals surface area (Å²) >= 11 is 0. The lowest BCUT2D eigenvalue weighted by molar-refractivity contribution is 0.258. The van der Waals surface area contributed by atoms with E-state index in [1.54, 1.807) is 19.4 Å². The molecule has 1 aliphatic rings. The van der Waals surface area contributed by atoms with Crippen LogP contribution < -0.4 is 4.74 Å². The number of benzene rings is 1. The molecular weight excluding hydrogens is 240 g/mol. The van der Waals surface area contributed by atoms with Gasteiger partial charge in [0.1, 0.15) is 11.3 Å². The number of methoxy groups -OCH3 is 1. The predicted octanol–water partition coefficient (Wildman–Crippen LogP) is 2.96. The van der Waals surface area contributed by atoms with E-state index in [1.165, 1.54) is 0 Å². The number of hydrogen-bond donors (Lipinski definition) is 0. The number of fused-ring (bicyclic) bond motifs is 1. The van der Waals surface area contributed by atoms with E-state index in [-0.39, 0.29) is 0 Å². The van der Waals surface area contributed by atoms with Gasteiger partial charge in [0, 0.05) is 11.6 Å². The van der Waals surface area contributed by atoms with Crippen molar-refractivity contribution in [3.8, 4) is 5.75 Å². The van der Waals surface area contributed by atoms with Crippen LogP contribution in [0, 0.1) is 0 Å². The summed E-state index contributed by atoms with van der Waals surface area (Å²) in [5.74, 6) is 0.740. The fourth-order valence-electron chi connectivity index (χ4n) is 2.76. The summed E-state index contributed by atoms with van der Waals surface area (Å²) < 4.78 is 5.34. The van der Waals surface area contributed by atoms with Crippen LogP contribution in [0.4, 0.5) is 0 Å². The number of aliphatic imine (C=N–C) groups is 1. The van der Waals surface area contributed by atoms with Gasteiger partial charge in [0.05, 0.1) is 12.6 Å². The van der Waals surface area contributed by atoms with E-state index in [0.29, 0.717) is 0 Å². The van der Waals surface area contributed by atoms with Crippen molar-refractivity contribution in [3.05, 3.63) is 36.0 Å². The lowest BCUT2D eigenvalue weighted by Crippen LogP contribution is -2.32. The molecule has 19 heavy (non-hydrogen) atoms. The van der Waals surface area contributed by atoms with E-state index >= 15 is 0 Å². The number of carbonyl (C=O) groups excluding carboxylic acids is 1. The first-order chi connectivity index (χ1) is 9.30. The van der Waals surface area contributed by atoms with Crippen LogP contribution in [-0.4, -0.2) is 18.2 Å². The second kappa shape index (κ2) is 4.48. The van der Waals surface area contributed by atoms with Crippen molar-refractivity contribution in [1.82, 2.24) is 4.98 Å². The van der Waals surface area contributed by atoms with Crippen molar-refractivity contribution in [2.45, 2.75) is 24.8 Å². The molecule has 1 aliphatic carbocycles. The molecule has 1 heterocycles. The zero-order chi connectivity index (χ0) is 13.3. The third-order valence-corrected chi connectivity index (χ3v) is 3.89. The fraction of sp³-hybridized carbons (Fsp3) is 0.333. The Bertz CT molecular complexity index is 671. The SMILES string of the molecule is COc1ccc(C2(N=C=O)CCC2)c2cccnc12. The van der Waals surface area contributed by atoms with Gasteiger partial charge in [-0.1, -0.05) is 12.1 Å². The Morgan fingerprint density at radius 1 is 1.37 bits per heavy atom. The lowest BCUT2D eigenvalue weighted by Gasteiger charge is -2.37. The van der Waals surface area contributed by atoms with Crippen LogP contribution in [-0.2, 0) is 10.3 Å². The Kier molecular flexibility index (Phi) is 2.80. The summed E-state index contributed by atoms with van der Waals surface area (Å²) in [4.78, 5) is 19.2. The third-order valence-electron chi connectivity index (χ3n) is 3.89. The average molecular weight is 254 g/mol. The smallest absolute Gasteiger partial charge is 0.235 e. The van der Waals surface area contributed by atoms with Crippen molar-refractivity contribution in [1.29, 1.82) is 0 Å². The van der Waals surface area contributed by atoms with E-state index in [4.69, 9.17) is 4.74 Å². The number of ether oxygens (including phenoxy) is 1. The van der Waals surface area contributed by atoms with Crippen LogP contribution in [0.15, 0.2) is 35.5 Å². The van der Waals surface area contributed by atoms with Gasteiger partial charge in [-0.15, -0.1) is 0 Å². The van der Waals surface area contributed by atoms with Crippen LogP contribution in [0.2, 0.25) is 0 Å². The molecule has 1 fully saturated rings. The van der Waals surface area contributed by atoms with Gasteiger partial charge in [-0.2, -0.15) is 4.99 Å². The van der Waals surface area contributed by atoms with E-state index in [9.17, 15) is 4.79 Å². The molecule has 0 spiro atoms. The van der Waals surface area contributed by atoms with E-state index < -0.39 is 5.54 Å². The van der Waals surface area contributed by atoms with E-state index in [0.717, 1.165) is 41.5 Å². The molecule has 96 valence electrons. The van der Waals surface area contributed by atoms with Gasteiger partial charge < -0.3 is 4.74 Å². The number of pyridine rings is 1.